The average Bonchev–Trinajstić information content (AvgIpc) is 2.15. The van der Waals surface area contributed by atoms with Gasteiger partial charge in [-0.2, -0.15) is 0 Å². The molecule has 1 unspecified atom stereocenters. The predicted octanol–water partition coefficient (Wildman–Crippen LogP) is 1.43. The van der Waals surface area contributed by atoms with E-state index in [9.17, 15) is 13.2 Å². The second-order valence-electron chi connectivity index (χ2n) is 3.58. The molecule has 0 amide bonds. The van der Waals surface area contributed by atoms with Crippen molar-refractivity contribution in [2.45, 2.75) is 24.3 Å². The highest BCUT2D eigenvalue weighted by Gasteiger charge is 2.18. The van der Waals surface area contributed by atoms with Gasteiger partial charge in [-0.1, -0.05) is 6.07 Å². The third-order valence-corrected chi connectivity index (χ3v) is 4.20. The fourth-order valence-electron chi connectivity index (χ4n) is 1.27. The molecule has 94 valence electrons. The van der Waals surface area contributed by atoms with Crippen molar-refractivity contribution in [2.75, 3.05) is 0 Å². The Morgan fingerprint density at radius 1 is 1.53 bits per heavy atom. The maximum absolute atomic E-state index is 11.9. The van der Waals surface area contributed by atoms with E-state index in [0.29, 0.717) is 0 Å². The highest BCUT2D eigenvalue weighted by Crippen LogP contribution is 2.13. The number of hydrogen-bond acceptors (Lipinski definition) is 3. The van der Waals surface area contributed by atoms with Crippen LogP contribution in [0.2, 0.25) is 0 Å². The van der Waals surface area contributed by atoms with E-state index in [4.69, 9.17) is 5.11 Å². The molecule has 7 heteroatoms. The van der Waals surface area contributed by atoms with Crippen LogP contribution in [0.1, 0.15) is 13.3 Å². The molecule has 0 radical (unpaired) electrons. The fourth-order valence-corrected chi connectivity index (χ4v) is 3.31. The highest BCUT2D eigenvalue weighted by molar-refractivity contribution is 14.1. The topological polar surface area (TPSA) is 83.5 Å². The molecule has 1 rings (SSSR count). The van der Waals surface area contributed by atoms with E-state index in [2.05, 4.69) is 4.72 Å². The highest BCUT2D eigenvalue weighted by atomic mass is 127. The lowest BCUT2D eigenvalue weighted by atomic mass is 10.3. The lowest BCUT2D eigenvalue weighted by Gasteiger charge is -2.12. The van der Waals surface area contributed by atoms with Crippen LogP contribution in [0.25, 0.3) is 0 Å². The molecule has 0 aliphatic heterocycles. The molecule has 1 atom stereocenters. The number of rotatable bonds is 5. The molecule has 2 N–H and O–H groups in total. The summed E-state index contributed by atoms with van der Waals surface area (Å²) in [5.41, 5.74) is 0. The van der Waals surface area contributed by atoms with Crippen molar-refractivity contribution in [1.82, 2.24) is 4.72 Å². The first-order valence-corrected chi connectivity index (χ1v) is 7.37. The van der Waals surface area contributed by atoms with E-state index in [1.165, 1.54) is 19.1 Å². The van der Waals surface area contributed by atoms with Crippen LogP contribution in [-0.4, -0.2) is 25.5 Å². The van der Waals surface area contributed by atoms with E-state index in [1.807, 2.05) is 22.6 Å². The standard InChI is InChI=1S/C10H12INO4S/c1-7(5-10(13)14)12-17(15,16)9-4-2-3-8(11)6-9/h2-4,6-7,12H,5H2,1H3,(H,13,14). The Morgan fingerprint density at radius 2 is 2.18 bits per heavy atom. The molecule has 0 heterocycles. The third kappa shape index (κ3) is 4.60. The molecular weight excluding hydrogens is 357 g/mol. The van der Waals surface area contributed by atoms with Crippen LogP contribution < -0.4 is 4.72 Å². The molecule has 0 aliphatic carbocycles. The third-order valence-electron chi connectivity index (χ3n) is 1.94. The van der Waals surface area contributed by atoms with Gasteiger partial charge in [-0.25, -0.2) is 13.1 Å². The molecule has 0 bridgehead atoms. The minimum absolute atomic E-state index is 0.140. The van der Waals surface area contributed by atoms with Gasteiger partial charge in [0.2, 0.25) is 10.0 Å². The summed E-state index contributed by atoms with van der Waals surface area (Å²) in [6.45, 7) is 1.51. The van der Waals surface area contributed by atoms with Crippen molar-refractivity contribution in [3.8, 4) is 0 Å². The number of sulfonamides is 1. The van der Waals surface area contributed by atoms with E-state index < -0.39 is 22.0 Å². The lowest BCUT2D eigenvalue weighted by molar-refractivity contribution is -0.137. The molecule has 1 aromatic rings. The van der Waals surface area contributed by atoms with Crippen molar-refractivity contribution in [2.24, 2.45) is 0 Å². The molecule has 1 aromatic carbocycles. The number of aliphatic carboxylic acids is 1. The van der Waals surface area contributed by atoms with Gasteiger partial charge in [0.1, 0.15) is 0 Å². The van der Waals surface area contributed by atoms with Gasteiger partial charge in [0.25, 0.3) is 0 Å². The first kappa shape index (κ1) is 14.4. The quantitative estimate of drug-likeness (QED) is 0.770. The first-order valence-electron chi connectivity index (χ1n) is 4.81. The summed E-state index contributed by atoms with van der Waals surface area (Å²) in [7, 11) is -3.65. The van der Waals surface area contributed by atoms with Crippen LogP contribution in [0.15, 0.2) is 29.2 Å². The van der Waals surface area contributed by atoms with Crippen molar-refractivity contribution >= 4 is 38.6 Å². The van der Waals surface area contributed by atoms with Crippen molar-refractivity contribution in [3.05, 3.63) is 27.8 Å². The zero-order valence-corrected chi connectivity index (χ0v) is 12.0. The summed E-state index contributed by atoms with van der Waals surface area (Å²) >= 11 is 2.01. The molecule has 0 saturated carbocycles. The van der Waals surface area contributed by atoms with Crippen molar-refractivity contribution < 1.29 is 18.3 Å². The summed E-state index contributed by atoms with van der Waals surface area (Å²) < 4.78 is 26.9. The Hall–Kier alpha value is -0.670. The molecule has 0 spiro atoms. The minimum atomic E-state index is -3.65. The predicted molar refractivity (Wildman–Crippen MR) is 71.2 cm³/mol. The first-order chi connectivity index (χ1) is 7.81. The molecule has 0 saturated heterocycles. The number of benzene rings is 1. The number of carboxylic acid groups (broad SMARTS) is 1. The molecule has 5 nitrogen and oxygen atoms in total. The Balaban J connectivity index is 2.86. The SMILES string of the molecule is CC(CC(=O)O)NS(=O)(=O)c1cccc(I)c1. The summed E-state index contributed by atoms with van der Waals surface area (Å²) in [6, 6.07) is 5.77. The number of carbonyl (C=O) groups is 1. The van der Waals surface area contributed by atoms with Gasteiger partial charge in [0.15, 0.2) is 0 Å². The van der Waals surface area contributed by atoms with Crippen LogP contribution in [0.4, 0.5) is 0 Å². The summed E-state index contributed by atoms with van der Waals surface area (Å²) in [4.78, 5) is 10.6. The van der Waals surface area contributed by atoms with E-state index in [-0.39, 0.29) is 11.3 Å². The summed E-state index contributed by atoms with van der Waals surface area (Å²) in [5, 5.41) is 8.56. The van der Waals surface area contributed by atoms with Crippen LogP contribution in [0, 0.1) is 3.57 Å². The number of halogens is 1. The Labute approximate surface area is 113 Å². The Kier molecular flexibility index (Phi) is 4.90. The number of carboxylic acids is 1. The summed E-state index contributed by atoms with van der Waals surface area (Å²) in [6.07, 6.45) is -0.247. The lowest BCUT2D eigenvalue weighted by Crippen LogP contribution is -2.34. The number of hydrogen-bond donors (Lipinski definition) is 2. The zero-order chi connectivity index (χ0) is 13.1. The second-order valence-corrected chi connectivity index (χ2v) is 6.54. The molecule has 0 aliphatic rings. The van der Waals surface area contributed by atoms with Crippen LogP contribution in [0.3, 0.4) is 0 Å². The summed E-state index contributed by atoms with van der Waals surface area (Å²) in [5.74, 6) is -1.04. The average molecular weight is 369 g/mol. The van der Waals surface area contributed by atoms with Crippen LogP contribution in [0.5, 0.6) is 0 Å². The van der Waals surface area contributed by atoms with Crippen LogP contribution >= 0.6 is 22.6 Å². The molecular formula is C10H12INO4S. The van der Waals surface area contributed by atoms with Crippen LogP contribution in [-0.2, 0) is 14.8 Å². The van der Waals surface area contributed by atoms with Gasteiger partial charge in [-0.3, -0.25) is 4.79 Å². The van der Waals surface area contributed by atoms with E-state index >= 15 is 0 Å². The zero-order valence-electron chi connectivity index (χ0n) is 9.05. The Morgan fingerprint density at radius 3 is 2.71 bits per heavy atom. The van der Waals surface area contributed by atoms with E-state index in [0.717, 1.165) is 3.57 Å². The van der Waals surface area contributed by atoms with Gasteiger partial charge in [0, 0.05) is 9.61 Å². The normalized spacial score (nSPS) is 13.3. The van der Waals surface area contributed by atoms with Gasteiger partial charge >= 0.3 is 5.97 Å². The molecule has 17 heavy (non-hydrogen) atoms. The van der Waals surface area contributed by atoms with Crippen molar-refractivity contribution in [3.63, 3.8) is 0 Å². The molecule has 0 fully saturated rings. The fraction of sp³-hybridized carbons (Fsp3) is 0.300. The monoisotopic (exact) mass is 369 g/mol. The maximum Gasteiger partial charge on any atom is 0.304 e. The van der Waals surface area contributed by atoms with Gasteiger partial charge in [0.05, 0.1) is 11.3 Å². The minimum Gasteiger partial charge on any atom is -0.481 e. The molecule has 0 aromatic heterocycles. The van der Waals surface area contributed by atoms with E-state index in [1.54, 1.807) is 12.1 Å². The maximum atomic E-state index is 11.9. The second kappa shape index (κ2) is 5.78. The largest absolute Gasteiger partial charge is 0.481 e. The Bertz CT molecular complexity index is 515. The number of nitrogens with one attached hydrogen (secondary N) is 1. The van der Waals surface area contributed by atoms with Crippen molar-refractivity contribution in [1.29, 1.82) is 0 Å². The van der Waals surface area contributed by atoms with Gasteiger partial charge in [-0.05, 0) is 47.7 Å². The van der Waals surface area contributed by atoms with Gasteiger partial charge in [-0.15, -0.1) is 0 Å². The smallest absolute Gasteiger partial charge is 0.304 e. The van der Waals surface area contributed by atoms with Gasteiger partial charge < -0.3 is 5.11 Å².